The molecule has 17 heavy (non-hydrogen) atoms. The van der Waals surface area contributed by atoms with E-state index in [1.54, 1.807) is 0 Å². The number of rotatable bonds is 2. The second-order valence-electron chi connectivity index (χ2n) is 4.40. The van der Waals surface area contributed by atoms with Crippen LogP contribution < -0.4 is 0 Å². The standard InChI is InChI=1S/C15H14Cl2/c1-10(2)12-5-8-15(17)14(9-12)11-3-6-13(16)7-4-11/h3-10H,1-2H3. The van der Waals surface area contributed by atoms with E-state index < -0.39 is 0 Å². The van der Waals surface area contributed by atoms with Gasteiger partial charge in [0, 0.05) is 15.6 Å². The van der Waals surface area contributed by atoms with Gasteiger partial charge >= 0.3 is 0 Å². The number of halogens is 2. The molecule has 0 fully saturated rings. The minimum absolute atomic E-state index is 0.498. The molecule has 0 aromatic heterocycles. The Morgan fingerprint density at radius 3 is 2.12 bits per heavy atom. The van der Waals surface area contributed by atoms with Crippen LogP contribution in [0.15, 0.2) is 42.5 Å². The highest BCUT2D eigenvalue weighted by Gasteiger charge is 2.07. The van der Waals surface area contributed by atoms with Gasteiger partial charge in [-0.3, -0.25) is 0 Å². The predicted octanol–water partition coefficient (Wildman–Crippen LogP) is 5.78. The van der Waals surface area contributed by atoms with E-state index in [0.717, 1.165) is 21.2 Å². The van der Waals surface area contributed by atoms with Crippen LogP contribution >= 0.6 is 23.2 Å². The Morgan fingerprint density at radius 2 is 1.53 bits per heavy atom. The summed E-state index contributed by atoms with van der Waals surface area (Å²) in [6.07, 6.45) is 0. The summed E-state index contributed by atoms with van der Waals surface area (Å²) in [4.78, 5) is 0. The molecule has 0 aliphatic rings. The molecule has 0 saturated heterocycles. The van der Waals surface area contributed by atoms with Gasteiger partial charge in [-0.2, -0.15) is 0 Å². The van der Waals surface area contributed by atoms with Crippen LogP contribution in [0, 0.1) is 0 Å². The fourth-order valence-corrected chi connectivity index (χ4v) is 2.11. The Kier molecular flexibility index (Phi) is 3.76. The van der Waals surface area contributed by atoms with Crippen molar-refractivity contribution in [1.29, 1.82) is 0 Å². The Balaban J connectivity index is 2.50. The molecule has 0 radical (unpaired) electrons. The van der Waals surface area contributed by atoms with Crippen molar-refractivity contribution in [3.63, 3.8) is 0 Å². The van der Waals surface area contributed by atoms with Gasteiger partial charge in [-0.15, -0.1) is 0 Å². The Labute approximate surface area is 112 Å². The van der Waals surface area contributed by atoms with Crippen LogP contribution in [-0.2, 0) is 0 Å². The van der Waals surface area contributed by atoms with Gasteiger partial charge in [-0.1, -0.05) is 55.2 Å². The molecule has 0 aliphatic carbocycles. The molecule has 0 aliphatic heterocycles. The van der Waals surface area contributed by atoms with Crippen LogP contribution in [-0.4, -0.2) is 0 Å². The van der Waals surface area contributed by atoms with Crippen LogP contribution in [0.1, 0.15) is 25.3 Å². The molecule has 0 unspecified atom stereocenters. The highest BCUT2D eigenvalue weighted by molar-refractivity contribution is 6.33. The SMILES string of the molecule is CC(C)c1ccc(Cl)c(-c2ccc(Cl)cc2)c1. The molecule has 0 spiro atoms. The summed E-state index contributed by atoms with van der Waals surface area (Å²) in [7, 11) is 0. The first-order valence-electron chi connectivity index (χ1n) is 5.63. The Bertz CT molecular complexity index is 513. The van der Waals surface area contributed by atoms with E-state index in [0.29, 0.717) is 5.92 Å². The fraction of sp³-hybridized carbons (Fsp3) is 0.200. The van der Waals surface area contributed by atoms with Crippen LogP contribution in [0.4, 0.5) is 0 Å². The highest BCUT2D eigenvalue weighted by atomic mass is 35.5. The summed E-state index contributed by atoms with van der Waals surface area (Å²) < 4.78 is 0. The van der Waals surface area contributed by atoms with Crippen molar-refractivity contribution in [1.82, 2.24) is 0 Å². The van der Waals surface area contributed by atoms with Crippen LogP contribution in [0.25, 0.3) is 11.1 Å². The van der Waals surface area contributed by atoms with Gasteiger partial charge in [-0.05, 0) is 41.3 Å². The van der Waals surface area contributed by atoms with Crippen molar-refractivity contribution in [2.75, 3.05) is 0 Å². The second-order valence-corrected chi connectivity index (χ2v) is 5.24. The van der Waals surface area contributed by atoms with Crippen LogP contribution in [0.3, 0.4) is 0 Å². The normalized spacial score (nSPS) is 10.9. The van der Waals surface area contributed by atoms with Gasteiger partial charge in [0.05, 0.1) is 0 Å². The van der Waals surface area contributed by atoms with Crippen LogP contribution in [0.5, 0.6) is 0 Å². The van der Waals surface area contributed by atoms with E-state index in [1.165, 1.54) is 5.56 Å². The Hall–Kier alpha value is -0.980. The van der Waals surface area contributed by atoms with E-state index in [-0.39, 0.29) is 0 Å². The average Bonchev–Trinajstić information content (AvgIpc) is 2.31. The number of hydrogen-bond acceptors (Lipinski definition) is 0. The van der Waals surface area contributed by atoms with Gasteiger partial charge in [0.15, 0.2) is 0 Å². The summed E-state index contributed by atoms with van der Waals surface area (Å²) in [6.45, 7) is 4.35. The van der Waals surface area contributed by atoms with E-state index in [1.807, 2.05) is 30.3 Å². The zero-order valence-corrected chi connectivity index (χ0v) is 11.4. The molecule has 2 aromatic rings. The van der Waals surface area contributed by atoms with Crippen molar-refractivity contribution in [2.45, 2.75) is 19.8 Å². The van der Waals surface area contributed by atoms with Crippen molar-refractivity contribution in [3.8, 4) is 11.1 Å². The van der Waals surface area contributed by atoms with Gasteiger partial charge in [-0.25, -0.2) is 0 Å². The van der Waals surface area contributed by atoms with Gasteiger partial charge in [0.1, 0.15) is 0 Å². The maximum atomic E-state index is 6.24. The van der Waals surface area contributed by atoms with E-state index >= 15 is 0 Å². The first-order valence-corrected chi connectivity index (χ1v) is 6.39. The lowest BCUT2D eigenvalue weighted by Gasteiger charge is -2.10. The molecule has 2 aromatic carbocycles. The topological polar surface area (TPSA) is 0 Å². The molecule has 0 bridgehead atoms. The van der Waals surface area contributed by atoms with Crippen molar-refractivity contribution >= 4 is 23.2 Å². The van der Waals surface area contributed by atoms with E-state index in [2.05, 4.69) is 26.0 Å². The van der Waals surface area contributed by atoms with Crippen molar-refractivity contribution in [2.24, 2.45) is 0 Å². The highest BCUT2D eigenvalue weighted by Crippen LogP contribution is 2.31. The zero-order valence-electron chi connectivity index (χ0n) is 9.87. The van der Waals surface area contributed by atoms with E-state index in [9.17, 15) is 0 Å². The summed E-state index contributed by atoms with van der Waals surface area (Å²) in [6, 6.07) is 13.9. The molecule has 88 valence electrons. The van der Waals surface area contributed by atoms with Gasteiger partial charge in [0.25, 0.3) is 0 Å². The zero-order chi connectivity index (χ0) is 12.4. The smallest absolute Gasteiger partial charge is 0.0484 e. The largest absolute Gasteiger partial charge is 0.0843 e. The van der Waals surface area contributed by atoms with Crippen LogP contribution in [0.2, 0.25) is 10.0 Å². The molecule has 0 amide bonds. The summed E-state index contributed by atoms with van der Waals surface area (Å²) in [5.41, 5.74) is 3.45. The van der Waals surface area contributed by atoms with E-state index in [4.69, 9.17) is 23.2 Å². The predicted molar refractivity (Wildman–Crippen MR) is 76.0 cm³/mol. The summed E-state index contributed by atoms with van der Waals surface area (Å²) >= 11 is 12.1. The summed E-state index contributed by atoms with van der Waals surface area (Å²) in [5.74, 6) is 0.498. The third-order valence-corrected chi connectivity index (χ3v) is 3.39. The third-order valence-electron chi connectivity index (χ3n) is 2.81. The monoisotopic (exact) mass is 264 g/mol. The van der Waals surface area contributed by atoms with Crippen molar-refractivity contribution in [3.05, 3.63) is 58.1 Å². The number of hydrogen-bond donors (Lipinski definition) is 0. The first-order chi connectivity index (χ1) is 8.08. The molecule has 0 heterocycles. The second kappa shape index (κ2) is 5.12. The minimum Gasteiger partial charge on any atom is -0.0843 e. The molecule has 0 N–H and O–H groups in total. The average molecular weight is 265 g/mol. The maximum Gasteiger partial charge on any atom is 0.0484 e. The minimum atomic E-state index is 0.498. The first kappa shape index (κ1) is 12.5. The lowest BCUT2D eigenvalue weighted by atomic mass is 9.97. The fourth-order valence-electron chi connectivity index (χ4n) is 1.75. The number of benzene rings is 2. The quantitative estimate of drug-likeness (QED) is 0.645. The molecular formula is C15H14Cl2. The molecule has 2 rings (SSSR count). The molecular weight excluding hydrogens is 251 g/mol. The lowest BCUT2D eigenvalue weighted by Crippen LogP contribution is -1.89. The Morgan fingerprint density at radius 1 is 0.882 bits per heavy atom. The summed E-state index contributed by atoms with van der Waals surface area (Å²) in [5, 5.41) is 1.52. The molecule has 0 atom stereocenters. The third kappa shape index (κ3) is 2.83. The van der Waals surface area contributed by atoms with Gasteiger partial charge < -0.3 is 0 Å². The van der Waals surface area contributed by atoms with Gasteiger partial charge in [0.2, 0.25) is 0 Å². The lowest BCUT2D eigenvalue weighted by molar-refractivity contribution is 0.867. The molecule has 0 nitrogen and oxygen atoms in total. The van der Waals surface area contributed by atoms with Crippen molar-refractivity contribution < 1.29 is 0 Å². The molecule has 2 heteroatoms. The molecule has 0 saturated carbocycles. The maximum absolute atomic E-state index is 6.24.